The molecule has 0 spiro atoms. The number of benzene rings is 1. The minimum absolute atomic E-state index is 0.0393. The van der Waals surface area contributed by atoms with Crippen LogP contribution in [0.1, 0.15) is 30.1 Å². The summed E-state index contributed by atoms with van der Waals surface area (Å²) >= 11 is 0. The van der Waals surface area contributed by atoms with Gasteiger partial charge in [0.05, 0.1) is 6.04 Å². The number of amides is 1. The van der Waals surface area contributed by atoms with E-state index in [9.17, 15) is 4.79 Å². The minimum Gasteiger partial charge on any atom is -0.356 e. The monoisotopic (exact) mass is 255 g/mol. The smallest absolute Gasteiger partial charge is 0.223 e. The van der Waals surface area contributed by atoms with E-state index in [0.29, 0.717) is 6.42 Å². The van der Waals surface area contributed by atoms with Crippen molar-refractivity contribution >= 4 is 16.8 Å². The first-order chi connectivity index (χ1) is 9.25. The molecule has 3 heterocycles. The number of nitrogens with two attached hydrogens (primary N) is 1. The summed E-state index contributed by atoms with van der Waals surface area (Å²) in [6.07, 6.45) is 2.30. The van der Waals surface area contributed by atoms with E-state index in [-0.39, 0.29) is 18.0 Å². The SMILES string of the molecule is N[C@H]1CCC(=O)N2CCc3c([nH]c4ccccc34)[C@H]12. The van der Waals surface area contributed by atoms with Gasteiger partial charge in [0.25, 0.3) is 0 Å². The van der Waals surface area contributed by atoms with E-state index in [0.717, 1.165) is 30.6 Å². The average Bonchev–Trinajstić information content (AvgIpc) is 2.81. The molecule has 1 saturated heterocycles. The highest BCUT2D eigenvalue weighted by Gasteiger charge is 2.39. The molecule has 4 nitrogen and oxygen atoms in total. The van der Waals surface area contributed by atoms with Gasteiger partial charge in [0.15, 0.2) is 0 Å². The summed E-state index contributed by atoms with van der Waals surface area (Å²) in [5.74, 6) is 0.246. The zero-order valence-corrected chi connectivity index (χ0v) is 10.7. The molecule has 0 bridgehead atoms. The van der Waals surface area contributed by atoms with E-state index in [1.165, 1.54) is 10.9 Å². The van der Waals surface area contributed by atoms with Crippen LogP contribution >= 0.6 is 0 Å². The number of carbonyl (C=O) groups is 1. The van der Waals surface area contributed by atoms with Gasteiger partial charge in [0, 0.05) is 35.6 Å². The summed E-state index contributed by atoms with van der Waals surface area (Å²) in [5.41, 5.74) is 9.94. The Balaban J connectivity index is 1.91. The van der Waals surface area contributed by atoms with Crippen molar-refractivity contribution < 1.29 is 4.79 Å². The van der Waals surface area contributed by atoms with Gasteiger partial charge in [-0.2, -0.15) is 0 Å². The second kappa shape index (κ2) is 3.84. The van der Waals surface area contributed by atoms with Crippen LogP contribution in [0, 0.1) is 0 Å². The standard InChI is InChI=1S/C15H17N3O/c16-11-5-6-13(19)18-8-7-10-9-3-1-2-4-12(9)17-14(10)15(11)18/h1-4,11,15,17H,5-8,16H2/t11-,15-/m0/s1. The number of rotatable bonds is 0. The highest BCUT2D eigenvalue weighted by atomic mass is 16.2. The van der Waals surface area contributed by atoms with Gasteiger partial charge < -0.3 is 15.6 Å². The number of fused-ring (bicyclic) bond motifs is 5. The summed E-state index contributed by atoms with van der Waals surface area (Å²) in [6.45, 7) is 0.798. The molecule has 3 N–H and O–H groups in total. The molecule has 19 heavy (non-hydrogen) atoms. The summed E-state index contributed by atoms with van der Waals surface area (Å²) in [4.78, 5) is 17.5. The molecule has 0 saturated carbocycles. The zero-order chi connectivity index (χ0) is 13.0. The third-order valence-corrected chi connectivity index (χ3v) is 4.50. The first-order valence-corrected chi connectivity index (χ1v) is 6.90. The van der Waals surface area contributed by atoms with Crippen LogP contribution in [0.5, 0.6) is 0 Å². The number of aromatic amines is 1. The number of para-hydroxylation sites is 1. The summed E-state index contributed by atoms with van der Waals surface area (Å²) in [7, 11) is 0. The fraction of sp³-hybridized carbons (Fsp3) is 0.400. The maximum Gasteiger partial charge on any atom is 0.223 e. The van der Waals surface area contributed by atoms with Gasteiger partial charge >= 0.3 is 0 Å². The van der Waals surface area contributed by atoms with Gasteiger partial charge in [0.2, 0.25) is 5.91 Å². The molecular weight excluding hydrogens is 238 g/mol. The van der Waals surface area contributed by atoms with Crippen molar-refractivity contribution in [3.05, 3.63) is 35.5 Å². The van der Waals surface area contributed by atoms with Crippen LogP contribution in [0.2, 0.25) is 0 Å². The van der Waals surface area contributed by atoms with E-state index in [1.54, 1.807) is 0 Å². The Kier molecular flexibility index (Phi) is 2.23. The van der Waals surface area contributed by atoms with E-state index < -0.39 is 0 Å². The minimum atomic E-state index is 0.0393. The van der Waals surface area contributed by atoms with Crippen molar-refractivity contribution in [2.45, 2.75) is 31.3 Å². The third-order valence-electron chi connectivity index (χ3n) is 4.50. The van der Waals surface area contributed by atoms with Crippen molar-refractivity contribution in [2.24, 2.45) is 5.73 Å². The number of hydrogen-bond acceptors (Lipinski definition) is 2. The van der Waals surface area contributed by atoms with Gasteiger partial charge in [-0.15, -0.1) is 0 Å². The molecule has 4 rings (SSSR count). The molecule has 2 aliphatic heterocycles. The fourth-order valence-corrected chi connectivity index (χ4v) is 3.59. The number of piperidine rings is 1. The lowest BCUT2D eigenvalue weighted by atomic mass is 9.87. The van der Waals surface area contributed by atoms with E-state index in [4.69, 9.17) is 5.73 Å². The second-order valence-corrected chi connectivity index (χ2v) is 5.55. The lowest BCUT2D eigenvalue weighted by Gasteiger charge is -2.42. The van der Waals surface area contributed by atoms with Gasteiger partial charge in [-0.05, 0) is 24.5 Å². The maximum atomic E-state index is 12.1. The molecule has 0 radical (unpaired) electrons. The lowest BCUT2D eigenvalue weighted by Crippen LogP contribution is -2.51. The van der Waals surface area contributed by atoms with Crippen LogP contribution in [0.3, 0.4) is 0 Å². The molecule has 1 amide bonds. The molecule has 98 valence electrons. The summed E-state index contributed by atoms with van der Waals surface area (Å²) in [6, 6.07) is 8.43. The van der Waals surface area contributed by atoms with Crippen LogP contribution in [0.25, 0.3) is 10.9 Å². The van der Waals surface area contributed by atoms with E-state index in [1.807, 2.05) is 11.0 Å². The molecule has 1 fully saturated rings. The van der Waals surface area contributed by atoms with Crippen LogP contribution in [-0.4, -0.2) is 28.4 Å². The van der Waals surface area contributed by atoms with Crippen LogP contribution < -0.4 is 5.73 Å². The van der Waals surface area contributed by atoms with E-state index >= 15 is 0 Å². The Morgan fingerprint density at radius 2 is 2.11 bits per heavy atom. The van der Waals surface area contributed by atoms with Crippen molar-refractivity contribution in [3.63, 3.8) is 0 Å². The fourth-order valence-electron chi connectivity index (χ4n) is 3.59. The first-order valence-electron chi connectivity index (χ1n) is 6.90. The third kappa shape index (κ3) is 1.46. The largest absolute Gasteiger partial charge is 0.356 e. The number of aromatic nitrogens is 1. The second-order valence-electron chi connectivity index (χ2n) is 5.55. The Bertz CT molecular complexity index is 660. The van der Waals surface area contributed by atoms with Crippen molar-refractivity contribution in [1.82, 2.24) is 9.88 Å². The molecular formula is C15H17N3O. The maximum absolute atomic E-state index is 12.1. The Labute approximate surface area is 111 Å². The van der Waals surface area contributed by atoms with Gasteiger partial charge in [-0.3, -0.25) is 4.79 Å². The summed E-state index contributed by atoms with van der Waals surface area (Å²) < 4.78 is 0. The Hall–Kier alpha value is -1.81. The predicted molar refractivity (Wildman–Crippen MR) is 73.7 cm³/mol. The summed E-state index contributed by atoms with van der Waals surface area (Å²) in [5, 5.41) is 1.28. The number of hydrogen-bond donors (Lipinski definition) is 2. The molecule has 2 aromatic rings. The van der Waals surface area contributed by atoms with E-state index in [2.05, 4.69) is 23.2 Å². The molecule has 1 aromatic heterocycles. The lowest BCUT2D eigenvalue weighted by molar-refractivity contribution is -0.137. The van der Waals surface area contributed by atoms with Crippen molar-refractivity contribution in [1.29, 1.82) is 0 Å². The first kappa shape index (κ1) is 11.1. The quantitative estimate of drug-likeness (QED) is 0.753. The zero-order valence-electron chi connectivity index (χ0n) is 10.7. The molecule has 2 atom stereocenters. The Morgan fingerprint density at radius 1 is 1.26 bits per heavy atom. The normalized spacial score (nSPS) is 26.4. The highest BCUT2D eigenvalue weighted by Crippen LogP contribution is 2.39. The molecule has 4 heteroatoms. The van der Waals surface area contributed by atoms with Crippen LogP contribution in [0.15, 0.2) is 24.3 Å². The number of nitrogens with one attached hydrogen (secondary N) is 1. The van der Waals surface area contributed by atoms with Crippen LogP contribution in [-0.2, 0) is 11.2 Å². The number of carbonyl (C=O) groups excluding carboxylic acids is 1. The number of nitrogens with zero attached hydrogens (tertiary/aromatic N) is 1. The molecule has 2 aliphatic rings. The highest BCUT2D eigenvalue weighted by molar-refractivity contribution is 5.86. The molecule has 0 aliphatic carbocycles. The van der Waals surface area contributed by atoms with Crippen LogP contribution in [0.4, 0.5) is 0 Å². The Morgan fingerprint density at radius 3 is 3.00 bits per heavy atom. The van der Waals surface area contributed by atoms with Crippen molar-refractivity contribution in [3.8, 4) is 0 Å². The van der Waals surface area contributed by atoms with Crippen molar-refractivity contribution in [2.75, 3.05) is 6.54 Å². The topological polar surface area (TPSA) is 62.1 Å². The van der Waals surface area contributed by atoms with Gasteiger partial charge in [-0.1, -0.05) is 18.2 Å². The molecule has 1 aromatic carbocycles. The predicted octanol–water partition coefficient (Wildman–Crippen LogP) is 1.71. The molecule has 0 unspecified atom stereocenters. The number of H-pyrrole nitrogens is 1. The van der Waals surface area contributed by atoms with Gasteiger partial charge in [-0.25, -0.2) is 0 Å². The van der Waals surface area contributed by atoms with Gasteiger partial charge in [0.1, 0.15) is 0 Å². The average molecular weight is 255 g/mol.